The van der Waals surface area contributed by atoms with Crippen molar-refractivity contribution in [2.45, 2.75) is 51.6 Å². The molecule has 0 radical (unpaired) electrons. The van der Waals surface area contributed by atoms with Gasteiger partial charge >= 0.3 is 0 Å². The topological polar surface area (TPSA) is 26.3 Å². The molecule has 2 aromatic carbocycles. The number of hydrogen-bond acceptors (Lipinski definition) is 2. The van der Waals surface area contributed by atoms with Crippen molar-refractivity contribution in [3.63, 3.8) is 0 Å². The lowest BCUT2D eigenvalue weighted by molar-refractivity contribution is 0.0850. The number of aryl methyl sites for hydroxylation is 1. The fraction of sp³-hybridized carbons (Fsp3) is 0.381. The molecule has 0 aromatic heterocycles. The van der Waals surface area contributed by atoms with Crippen molar-refractivity contribution in [1.29, 1.82) is 0 Å². The molecule has 0 amide bonds. The molecular formula is C21H24O2. The van der Waals surface area contributed by atoms with Crippen LogP contribution in [0.1, 0.15) is 66.6 Å². The summed E-state index contributed by atoms with van der Waals surface area (Å²) in [6.45, 7) is 2.23. The third-order valence-corrected chi connectivity index (χ3v) is 4.50. The van der Waals surface area contributed by atoms with E-state index in [0.29, 0.717) is 17.7 Å². The van der Waals surface area contributed by atoms with E-state index in [1.807, 2.05) is 24.3 Å². The van der Waals surface area contributed by atoms with Crippen molar-refractivity contribution in [1.82, 2.24) is 0 Å². The van der Waals surface area contributed by atoms with Crippen LogP contribution in [0.25, 0.3) is 0 Å². The van der Waals surface area contributed by atoms with Crippen LogP contribution in [0.2, 0.25) is 0 Å². The number of benzene rings is 2. The summed E-state index contributed by atoms with van der Waals surface area (Å²) in [7, 11) is 0. The molecule has 1 aliphatic rings. The fourth-order valence-electron chi connectivity index (χ4n) is 3.11. The predicted molar refractivity (Wildman–Crippen MR) is 93.0 cm³/mol. The van der Waals surface area contributed by atoms with E-state index >= 15 is 0 Å². The van der Waals surface area contributed by atoms with E-state index in [2.05, 4.69) is 31.2 Å². The number of Topliss-reactive ketones (excluding diaryl/α,β-unsaturated/α-hetero) is 1. The first kappa shape index (κ1) is 15.8. The molecule has 1 atom stereocenters. The molecule has 0 N–H and O–H groups in total. The second kappa shape index (κ2) is 7.45. The van der Waals surface area contributed by atoms with E-state index in [1.165, 1.54) is 31.2 Å². The highest BCUT2D eigenvalue weighted by Crippen LogP contribution is 2.34. The van der Waals surface area contributed by atoms with Gasteiger partial charge in [0.05, 0.1) is 12.0 Å². The second-order valence-electron chi connectivity index (χ2n) is 6.28. The SMILES string of the molecule is CCCCCCc1ccc(C2CC(=O)c3ccccc3O2)cc1. The molecule has 1 unspecified atom stereocenters. The summed E-state index contributed by atoms with van der Waals surface area (Å²) in [5.74, 6) is 0.873. The number of rotatable bonds is 6. The Bertz CT molecular complexity index is 658. The average Bonchev–Trinajstić information content (AvgIpc) is 2.59. The Balaban J connectivity index is 1.65. The standard InChI is InChI=1S/C21H24O2/c1-2-3-4-5-8-16-11-13-17(14-12-16)21-15-19(22)18-9-6-7-10-20(18)23-21/h6-7,9-14,21H,2-5,8,15H2,1H3. The first-order chi connectivity index (χ1) is 11.3. The normalized spacial score (nSPS) is 16.7. The molecule has 0 aliphatic carbocycles. The van der Waals surface area contributed by atoms with Gasteiger partial charge in [-0.25, -0.2) is 0 Å². The Hall–Kier alpha value is -2.09. The van der Waals surface area contributed by atoms with Crippen molar-refractivity contribution in [2.24, 2.45) is 0 Å². The van der Waals surface area contributed by atoms with Crippen molar-refractivity contribution in [3.8, 4) is 5.75 Å². The quantitative estimate of drug-likeness (QED) is 0.657. The van der Waals surface area contributed by atoms with Gasteiger partial charge < -0.3 is 4.74 Å². The highest BCUT2D eigenvalue weighted by Gasteiger charge is 2.27. The molecule has 2 heteroatoms. The summed E-state index contributed by atoms with van der Waals surface area (Å²) >= 11 is 0. The van der Waals surface area contributed by atoms with Gasteiger partial charge in [-0.2, -0.15) is 0 Å². The summed E-state index contributed by atoms with van der Waals surface area (Å²) < 4.78 is 6.02. The van der Waals surface area contributed by atoms with Gasteiger partial charge in [0.15, 0.2) is 5.78 Å². The van der Waals surface area contributed by atoms with E-state index in [9.17, 15) is 4.79 Å². The van der Waals surface area contributed by atoms with Crippen LogP contribution in [0.5, 0.6) is 5.75 Å². The number of carbonyl (C=O) groups is 1. The zero-order valence-corrected chi connectivity index (χ0v) is 13.8. The van der Waals surface area contributed by atoms with Crippen LogP contribution in [0, 0.1) is 0 Å². The van der Waals surface area contributed by atoms with Gasteiger partial charge in [0, 0.05) is 0 Å². The van der Waals surface area contributed by atoms with Crippen LogP contribution in [0.3, 0.4) is 0 Å². The molecule has 0 saturated heterocycles. The zero-order chi connectivity index (χ0) is 16.1. The summed E-state index contributed by atoms with van der Waals surface area (Å²) in [5, 5.41) is 0. The van der Waals surface area contributed by atoms with E-state index in [-0.39, 0.29) is 11.9 Å². The van der Waals surface area contributed by atoms with Crippen LogP contribution in [-0.2, 0) is 6.42 Å². The smallest absolute Gasteiger partial charge is 0.170 e. The molecule has 3 rings (SSSR count). The monoisotopic (exact) mass is 308 g/mol. The number of unbranched alkanes of at least 4 members (excludes halogenated alkanes) is 3. The molecule has 2 aromatic rings. The lowest BCUT2D eigenvalue weighted by Crippen LogP contribution is -2.20. The van der Waals surface area contributed by atoms with Crippen LogP contribution in [0.15, 0.2) is 48.5 Å². The lowest BCUT2D eigenvalue weighted by atomic mass is 9.95. The second-order valence-corrected chi connectivity index (χ2v) is 6.28. The van der Waals surface area contributed by atoms with E-state index < -0.39 is 0 Å². The maximum Gasteiger partial charge on any atom is 0.170 e. The molecule has 0 saturated carbocycles. The Morgan fingerprint density at radius 1 is 1.00 bits per heavy atom. The first-order valence-electron chi connectivity index (χ1n) is 8.65. The van der Waals surface area contributed by atoms with Gasteiger partial charge in [-0.3, -0.25) is 4.79 Å². The van der Waals surface area contributed by atoms with Gasteiger partial charge in [-0.1, -0.05) is 62.6 Å². The molecule has 2 nitrogen and oxygen atoms in total. The van der Waals surface area contributed by atoms with Crippen molar-refractivity contribution in [2.75, 3.05) is 0 Å². The summed E-state index contributed by atoms with van der Waals surface area (Å²) in [6.07, 6.45) is 6.53. The van der Waals surface area contributed by atoms with Crippen LogP contribution in [-0.4, -0.2) is 5.78 Å². The molecule has 1 heterocycles. The van der Waals surface area contributed by atoms with Gasteiger partial charge in [0.25, 0.3) is 0 Å². The Kier molecular flexibility index (Phi) is 5.12. The highest BCUT2D eigenvalue weighted by molar-refractivity contribution is 5.99. The highest BCUT2D eigenvalue weighted by atomic mass is 16.5. The molecule has 0 fully saturated rings. The van der Waals surface area contributed by atoms with Crippen molar-refractivity contribution in [3.05, 3.63) is 65.2 Å². The first-order valence-corrected chi connectivity index (χ1v) is 8.65. The maximum absolute atomic E-state index is 12.3. The Morgan fingerprint density at radius 3 is 2.57 bits per heavy atom. The minimum Gasteiger partial charge on any atom is -0.484 e. The molecule has 23 heavy (non-hydrogen) atoms. The third kappa shape index (κ3) is 3.82. The van der Waals surface area contributed by atoms with Crippen LogP contribution >= 0.6 is 0 Å². The molecule has 0 spiro atoms. The Labute approximate surface area is 138 Å². The molecular weight excluding hydrogens is 284 g/mol. The average molecular weight is 308 g/mol. The van der Waals surface area contributed by atoms with Crippen molar-refractivity contribution < 1.29 is 9.53 Å². The molecule has 1 aliphatic heterocycles. The van der Waals surface area contributed by atoms with E-state index in [4.69, 9.17) is 4.74 Å². The fourth-order valence-corrected chi connectivity index (χ4v) is 3.11. The van der Waals surface area contributed by atoms with Crippen LogP contribution < -0.4 is 4.74 Å². The molecule has 120 valence electrons. The van der Waals surface area contributed by atoms with E-state index in [1.54, 1.807) is 0 Å². The minimum absolute atomic E-state index is 0.161. The maximum atomic E-state index is 12.3. The van der Waals surface area contributed by atoms with Gasteiger partial charge in [-0.05, 0) is 36.1 Å². The zero-order valence-electron chi connectivity index (χ0n) is 13.8. The largest absolute Gasteiger partial charge is 0.484 e. The summed E-state index contributed by atoms with van der Waals surface area (Å²) in [5.41, 5.74) is 3.16. The number of ether oxygens (including phenoxy) is 1. The number of para-hydroxylation sites is 1. The third-order valence-electron chi connectivity index (χ3n) is 4.50. The van der Waals surface area contributed by atoms with Gasteiger partial charge in [0.1, 0.15) is 11.9 Å². The van der Waals surface area contributed by atoms with Gasteiger partial charge in [0.2, 0.25) is 0 Å². The summed E-state index contributed by atoms with van der Waals surface area (Å²) in [6, 6.07) is 16.1. The number of carbonyl (C=O) groups excluding carboxylic acids is 1. The van der Waals surface area contributed by atoms with Crippen LogP contribution in [0.4, 0.5) is 0 Å². The minimum atomic E-state index is -0.161. The number of ketones is 1. The lowest BCUT2D eigenvalue weighted by Gasteiger charge is -2.25. The van der Waals surface area contributed by atoms with Gasteiger partial charge in [-0.15, -0.1) is 0 Å². The number of hydrogen-bond donors (Lipinski definition) is 0. The molecule has 0 bridgehead atoms. The number of fused-ring (bicyclic) bond motifs is 1. The van der Waals surface area contributed by atoms with Crippen molar-refractivity contribution >= 4 is 5.78 Å². The Morgan fingerprint density at radius 2 is 1.78 bits per heavy atom. The summed E-state index contributed by atoms with van der Waals surface area (Å²) in [4.78, 5) is 12.3. The van der Waals surface area contributed by atoms with E-state index in [0.717, 1.165) is 12.0 Å². The predicted octanol–water partition coefficient (Wildman–Crippen LogP) is 5.52.